The van der Waals surface area contributed by atoms with Gasteiger partial charge in [0.05, 0.1) is 4.92 Å². The summed E-state index contributed by atoms with van der Waals surface area (Å²) in [6, 6.07) is 6.42. The predicted molar refractivity (Wildman–Crippen MR) is 75.7 cm³/mol. The molecule has 0 saturated carbocycles. The molecule has 1 amide bonds. The molecule has 0 aliphatic heterocycles. The Hall–Kier alpha value is -2.11. The van der Waals surface area contributed by atoms with Crippen molar-refractivity contribution in [2.24, 2.45) is 0 Å². The van der Waals surface area contributed by atoms with Crippen LogP contribution in [0.2, 0.25) is 0 Å². The Morgan fingerprint density at radius 2 is 1.90 bits per heavy atom. The number of nitro benzene ring substituents is 1. The van der Waals surface area contributed by atoms with E-state index in [2.05, 4.69) is 5.32 Å². The van der Waals surface area contributed by atoms with Crippen LogP contribution in [0.3, 0.4) is 0 Å². The van der Waals surface area contributed by atoms with Crippen molar-refractivity contribution >= 4 is 11.8 Å². The van der Waals surface area contributed by atoms with E-state index in [1.807, 2.05) is 20.8 Å². The second kappa shape index (κ2) is 6.88. The first kappa shape index (κ1) is 15.9. The van der Waals surface area contributed by atoms with E-state index >= 15 is 0 Å². The highest BCUT2D eigenvalue weighted by Crippen LogP contribution is 2.13. The third-order valence-corrected chi connectivity index (χ3v) is 2.46. The molecule has 0 aliphatic rings. The molecular formula is C14H20N2O4. The molecule has 1 aromatic carbocycles. The molecular weight excluding hydrogens is 260 g/mol. The Morgan fingerprint density at radius 3 is 2.40 bits per heavy atom. The second-order valence-electron chi connectivity index (χ2n) is 5.46. The number of benzene rings is 1. The normalized spacial score (nSPS) is 10.9. The summed E-state index contributed by atoms with van der Waals surface area (Å²) >= 11 is 0. The van der Waals surface area contributed by atoms with Crippen LogP contribution in [0.4, 0.5) is 10.5 Å². The molecule has 0 saturated heterocycles. The molecule has 6 nitrogen and oxygen atoms in total. The van der Waals surface area contributed by atoms with Crippen molar-refractivity contribution < 1.29 is 14.5 Å². The summed E-state index contributed by atoms with van der Waals surface area (Å²) < 4.78 is 5.11. The largest absolute Gasteiger partial charge is 0.444 e. The van der Waals surface area contributed by atoms with Crippen molar-refractivity contribution in [2.75, 3.05) is 6.54 Å². The number of nitrogens with zero attached hydrogens (tertiary/aromatic N) is 1. The van der Waals surface area contributed by atoms with Crippen molar-refractivity contribution in [1.29, 1.82) is 0 Å². The van der Waals surface area contributed by atoms with E-state index in [0.29, 0.717) is 6.54 Å². The van der Waals surface area contributed by atoms with Crippen molar-refractivity contribution in [3.8, 4) is 0 Å². The molecule has 0 atom stereocenters. The molecule has 0 aromatic heterocycles. The SMILES string of the molecule is CC(C)(C)OC(=O)NCCCc1ccc([N+](=O)[O-])cc1. The first-order chi connectivity index (χ1) is 9.28. The van der Waals surface area contributed by atoms with E-state index in [9.17, 15) is 14.9 Å². The van der Waals surface area contributed by atoms with E-state index < -0.39 is 16.6 Å². The molecule has 0 heterocycles. The monoisotopic (exact) mass is 280 g/mol. The Labute approximate surface area is 118 Å². The average Bonchev–Trinajstić information content (AvgIpc) is 2.33. The van der Waals surface area contributed by atoms with Crippen LogP contribution in [0.15, 0.2) is 24.3 Å². The minimum atomic E-state index is -0.498. The van der Waals surface area contributed by atoms with Crippen molar-refractivity contribution in [2.45, 2.75) is 39.2 Å². The zero-order chi connectivity index (χ0) is 15.2. The maximum absolute atomic E-state index is 11.4. The molecule has 1 aromatic rings. The number of rotatable bonds is 5. The van der Waals surface area contributed by atoms with Crippen molar-refractivity contribution in [3.05, 3.63) is 39.9 Å². The third kappa shape index (κ3) is 6.17. The first-order valence-electron chi connectivity index (χ1n) is 6.48. The summed E-state index contributed by atoms with van der Waals surface area (Å²) in [5.41, 5.74) is 0.588. The zero-order valence-corrected chi connectivity index (χ0v) is 12.0. The van der Waals surface area contributed by atoms with Gasteiger partial charge < -0.3 is 10.1 Å². The molecule has 20 heavy (non-hydrogen) atoms. The van der Waals surface area contributed by atoms with Gasteiger partial charge in [-0.2, -0.15) is 0 Å². The summed E-state index contributed by atoms with van der Waals surface area (Å²) in [5.74, 6) is 0. The number of carbonyl (C=O) groups excluding carboxylic acids is 1. The number of ether oxygens (including phenoxy) is 1. The summed E-state index contributed by atoms with van der Waals surface area (Å²) in [5, 5.41) is 13.2. The van der Waals surface area contributed by atoms with Crippen LogP contribution in [0.1, 0.15) is 32.8 Å². The number of non-ortho nitro benzene ring substituents is 1. The molecule has 0 aliphatic carbocycles. The van der Waals surface area contributed by atoms with Crippen LogP contribution in [-0.4, -0.2) is 23.2 Å². The molecule has 0 spiro atoms. The number of aryl methyl sites for hydroxylation is 1. The smallest absolute Gasteiger partial charge is 0.407 e. The molecule has 0 fully saturated rings. The lowest BCUT2D eigenvalue weighted by molar-refractivity contribution is -0.384. The fraction of sp³-hybridized carbons (Fsp3) is 0.500. The number of nitrogens with one attached hydrogen (secondary N) is 1. The Kier molecular flexibility index (Phi) is 5.49. The fourth-order valence-electron chi connectivity index (χ4n) is 1.58. The Morgan fingerprint density at radius 1 is 1.30 bits per heavy atom. The van der Waals surface area contributed by atoms with Gasteiger partial charge in [0.2, 0.25) is 0 Å². The van der Waals surface area contributed by atoms with Gasteiger partial charge in [-0.05, 0) is 39.2 Å². The van der Waals surface area contributed by atoms with E-state index in [1.165, 1.54) is 12.1 Å². The van der Waals surface area contributed by atoms with Crippen LogP contribution in [0.25, 0.3) is 0 Å². The maximum Gasteiger partial charge on any atom is 0.407 e. The molecule has 0 radical (unpaired) electrons. The molecule has 0 bridgehead atoms. The number of hydrogen-bond acceptors (Lipinski definition) is 4. The van der Waals surface area contributed by atoms with Crippen molar-refractivity contribution in [1.82, 2.24) is 5.32 Å². The van der Waals surface area contributed by atoms with Crippen LogP contribution >= 0.6 is 0 Å². The third-order valence-electron chi connectivity index (χ3n) is 2.46. The summed E-state index contributed by atoms with van der Waals surface area (Å²) in [4.78, 5) is 21.5. The number of carbonyl (C=O) groups is 1. The van der Waals surface area contributed by atoms with Gasteiger partial charge in [0.1, 0.15) is 5.60 Å². The van der Waals surface area contributed by atoms with Crippen LogP contribution in [0, 0.1) is 10.1 Å². The maximum atomic E-state index is 11.4. The molecule has 6 heteroatoms. The predicted octanol–water partition coefficient (Wildman–Crippen LogP) is 3.05. The highest BCUT2D eigenvalue weighted by molar-refractivity contribution is 5.67. The second-order valence-corrected chi connectivity index (χ2v) is 5.46. The number of alkyl carbamates (subject to hydrolysis) is 1. The van der Waals surface area contributed by atoms with Crippen LogP contribution < -0.4 is 5.32 Å². The lowest BCUT2D eigenvalue weighted by atomic mass is 10.1. The first-order valence-corrected chi connectivity index (χ1v) is 6.48. The standard InChI is InChI=1S/C14H20N2O4/c1-14(2,3)20-13(17)15-10-4-5-11-6-8-12(9-7-11)16(18)19/h6-9H,4-5,10H2,1-3H3,(H,15,17). The highest BCUT2D eigenvalue weighted by atomic mass is 16.6. The summed E-state index contributed by atoms with van der Waals surface area (Å²) in [7, 11) is 0. The summed E-state index contributed by atoms with van der Waals surface area (Å²) in [6.07, 6.45) is 1.06. The van der Waals surface area contributed by atoms with Gasteiger partial charge in [-0.15, -0.1) is 0 Å². The Bertz CT molecular complexity index is 463. The highest BCUT2D eigenvalue weighted by Gasteiger charge is 2.15. The molecule has 0 unspecified atom stereocenters. The van der Waals surface area contributed by atoms with Gasteiger partial charge in [0.25, 0.3) is 5.69 Å². The number of nitro groups is 1. The minimum absolute atomic E-state index is 0.0839. The van der Waals surface area contributed by atoms with Gasteiger partial charge in [-0.3, -0.25) is 10.1 Å². The number of amides is 1. The topological polar surface area (TPSA) is 81.5 Å². The fourth-order valence-corrected chi connectivity index (χ4v) is 1.58. The van der Waals surface area contributed by atoms with E-state index in [0.717, 1.165) is 18.4 Å². The lowest BCUT2D eigenvalue weighted by Crippen LogP contribution is -2.33. The quantitative estimate of drug-likeness (QED) is 0.510. The number of hydrogen-bond donors (Lipinski definition) is 1. The van der Waals surface area contributed by atoms with Gasteiger partial charge in [-0.1, -0.05) is 12.1 Å². The van der Waals surface area contributed by atoms with Gasteiger partial charge in [0.15, 0.2) is 0 Å². The van der Waals surface area contributed by atoms with Gasteiger partial charge in [0, 0.05) is 18.7 Å². The summed E-state index contributed by atoms with van der Waals surface area (Å²) in [6.45, 7) is 5.93. The van der Waals surface area contributed by atoms with Gasteiger partial charge >= 0.3 is 6.09 Å². The van der Waals surface area contributed by atoms with Gasteiger partial charge in [-0.25, -0.2) is 4.79 Å². The van der Waals surface area contributed by atoms with E-state index in [-0.39, 0.29) is 5.69 Å². The van der Waals surface area contributed by atoms with Crippen LogP contribution in [-0.2, 0) is 11.2 Å². The zero-order valence-electron chi connectivity index (χ0n) is 12.0. The molecule has 1 N–H and O–H groups in total. The van der Waals surface area contributed by atoms with Crippen LogP contribution in [0.5, 0.6) is 0 Å². The lowest BCUT2D eigenvalue weighted by Gasteiger charge is -2.19. The molecule has 1 rings (SSSR count). The average molecular weight is 280 g/mol. The van der Waals surface area contributed by atoms with E-state index in [4.69, 9.17) is 4.74 Å². The van der Waals surface area contributed by atoms with Crippen molar-refractivity contribution in [3.63, 3.8) is 0 Å². The Balaban J connectivity index is 2.27. The minimum Gasteiger partial charge on any atom is -0.444 e. The van der Waals surface area contributed by atoms with E-state index in [1.54, 1.807) is 12.1 Å². The molecule has 110 valence electrons.